The highest BCUT2D eigenvalue weighted by Crippen LogP contribution is 2.34. The molecule has 2 heterocycles. The Hall–Kier alpha value is -2.53. The molecule has 1 amide bonds. The molecule has 0 saturated carbocycles. The first-order valence-electron chi connectivity index (χ1n) is 6.85. The number of carbonyl (C=O) groups excluding carboxylic acids is 1. The Morgan fingerprint density at radius 1 is 1.05 bits per heavy atom. The Labute approximate surface area is 133 Å². The number of thiazole rings is 1. The molecule has 3 aromatic rings. The van der Waals surface area contributed by atoms with Crippen molar-refractivity contribution in [2.45, 2.75) is 0 Å². The summed E-state index contributed by atoms with van der Waals surface area (Å²) in [5.74, 6) is -0.0357. The molecule has 0 aliphatic heterocycles. The number of amides is 1. The summed E-state index contributed by atoms with van der Waals surface area (Å²) in [6.45, 7) is 0. The fourth-order valence-electron chi connectivity index (χ4n) is 2.07. The molecule has 0 spiro atoms. The van der Waals surface area contributed by atoms with Crippen LogP contribution in [0.1, 0.15) is 9.67 Å². The molecule has 1 aromatic carbocycles. The van der Waals surface area contributed by atoms with Crippen molar-refractivity contribution >= 4 is 17.2 Å². The van der Waals surface area contributed by atoms with Crippen molar-refractivity contribution in [1.82, 2.24) is 14.9 Å². The highest BCUT2D eigenvalue weighted by atomic mass is 32.1. The van der Waals surface area contributed by atoms with Gasteiger partial charge in [0.25, 0.3) is 5.91 Å². The van der Waals surface area contributed by atoms with E-state index in [2.05, 4.69) is 9.97 Å². The van der Waals surface area contributed by atoms with Gasteiger partial charge in [0.1, 0.15) is 9.88 Å². The topological polar surface area (TPSA) is 46.1 Å². The van der Waals surface area contributed by atoms with E-state index >= 15 is 0 Å². The molecule has 0 aliphatic rings. The van der Waals surface area contributed by atoms with Crippen LogP contribution in [0.3, 0.4) is 0 Å². The predicted octanol–water partition coefficient (Wildman–Crippen LogP) is 3.57. The van der Waals surface area contributed by atoms with Gasteiger partial charge in [-0.25, -0.2) is 4.98 Å². The van der Waals surface area contributed by atoms with E-state index in [9.17, 15) is 4.79 Å². The first kappa shape index (κ1) is 14.4. The minimum atomic E-state index is -0.0357. The Kier molecular flexibility index (Phi) is 3.98. The number of nitrogens with zero attached hydrogens (tertiary/aromatic N) is 3. The lowest BCUT2D eigenvalue weighted by molar-refractivity contribution is 0.0832. The number of hydrogen-bond donors (Lipinski definition) is 0. The Morgan fingerprint density at radius 3 is 2.41 bits per heavy atom. The minimum Gasteiger partial charge on any atom is -0.344 e. The first-order chi connectivity index (χ1) is 10.7. The molecule has 0 fully saturated rings. The molecule has 0 saturated heterocycles. The summed E-state index contributed by atoms with van der Waals surface area (Å²) in [6.07, 6.45) is 3.48. The van der Waals surface area contributed by atoms with Crippen LogP contribution in [-0.2, 0) is 0 Å². The maximum atomic E-state index is 12.5. The molecule has 0 atom stereocenters. The Bertz CT molecular complexity index is 782. The van der Waals surface area contributed by atoms with E-state index in [1.54, 1.807) is 31.4 Å². The van der Waals surface area contributed by atoms with Crippen LogP contribution >= 0.6 is 11.3 Å². The van der Waals surface area contributed by atoms with Gasteiger partial charge in [0, 0.05) is 37.6 Å². The SMILES string of the molecule is CN(C)C(=O)c1sc(-c2cccnc2)nc1-c1ccccc1. The summed E-state index contributed by atoms with van der Waals surface area (Å²) in [5, 5.41) is 0.803. The van der Waals surface area contributed by atoms with Crippen LogP contribution in [0.25, 0.3) is 21.8 Å². The molecule has 0 unspecified atom stereocenters. The quantitative estimate of drug-likeness (QED) is 0.743. The number of benzene rings is 1. The van der Waals surface area contributed by atoms with Crippen LogP contribution in [0, 0.1) is 0 Å². The van der Waals surface area contributed by atoms with Crippen LogP contribution in [0.4, 0.5) is 0 Å². The van der Waals surface area contributed by atoms with Crippen LogP contribution in [0.5, 0.6) is 0 Å². The van der Waals surface area contributed by atoms with Gasteiger partial charge < -0.3 is 4.90 Å². The number of carbonyl (C=O) groups is 1. The van der Waals surface area contributed by atoms with Gasteiger partial charge in [0.15, 0.2) is 0 Å². The van der Waals surface area contributed by atoms with Crippen molar-refractivity contribution in [3.8, 4) is 21.8 Å². The van der Waals surface area contributed by atoms with Gasteiger partial charge in [-0.15, -0.1) is 11.3 Å². The van der Waals surface area contributed by atoms with Crippen molar-refractivity contribution in [2.75, 3.05) is 14.1 Å². The molecule has 3 rings (SSSR count). The van der Waals surface area contributed by atoms with Crippen molar-refractivity contribution in [1.29, 1.82) is 0 Å². The van der Waals surface area contributed by atoms with E-state index in [0.717, 1.165) is 21.8 Å². The Balaban J connectivity index is 2.15. The summed E-state index contributed by atoms with van der Waals surface area (Å²) in [6, 6.07) is 13.6. The summed E-state index contributed by atoms with van der Waals surface area (Å²) in [7, 11) is 3.50. The summed E-state index contributed by atoms with van der Waals surface area (Å²) in [5.41, 5.74) is 2.59. The average Bonchev–Trinajstić information content (AvgIpc) is 3.01. The fraction of sp³-hybridized carbons (Fsp3) is 0.118. The average molecular weight is 309 g/mol. The summed E-state index contributed by atoms with van der Waals surface area (Å²) in [4.78, 5) is 23.5. The first-order valence-corrected chi connectivity index (χ1v) is 7.67. The number of hydrogen-bond acceptors (Lipinski definition) is 4. The summed E-state index contributed by atoms with van der Waals surface area (Å²) < 4.78 is 0. The van der Waals surface area contributed by atoms with Gasteiger partial charge in [-0.1, -0.05) is 30.3 Å². The van der Waals surface area contributed by atoms with E-state index in [-0.39, 0.29) is 5.91 Å². The molecular weight excluding hydrogens is 294 g/mol. The minimum absolute atomic E-state index is 0.0357. The van der Waals surface area contributed by atoms with Gasteiger partial charge >= 0.3 is 0 Å². The smallest absolute Gasteiger partial charge is 0.265 e. The largest absolute Gasteiger partial charge is 0.344 e. The standard InChI is InChI=1S/C17H15N3OS/c1-20(2)17(21)15-14(12-7-4-3-5-8-12)19-16(22-15)13-9-6-10-18-11-13/h3-11H,1-2H3. The summed E-state index contributed by atoms with van der Waals surface area (Å²) >= 11 is 1.40. The van der Waals surface area contributed by atoms with E-state index in [1.165, 1.54) is 11.3 Å². The van der Waals surface area contributed by atoms with E-state index in [1.807, 2.05) is 42.5 Å². The highest BCUT2D eigenvalue weighted by Gasteiger charge is 2.21. The third-order valence-corrected chi connectivity index (χ3v) is 4.28. The van der Waals surface area contributed by atoms with E-state index in [0.29, 0.717) is 4.88 Å². The van der Waals surface area contributed by atoms with Crippen molar-refractivity contribution < 1.29 is 4.79 Å². The number of aromatic nitrogens is 2. The van der Waals surface area contributed by atoms with Gasteiger partial charge in [-0.05, 0) is 12.1 Å². The molecule has 2 aromatic heterocycles. The third-order valence-electron chi connectivity index (χ3n) is 3.18. The zero-order valence-corrected chi connectivity index (χ0v) is 13.2. The molecule has 0 bridgehead atoms. The van der Waals surface area contributed by atoms with E-state index in [4.69, 9.17) is 0 Å². The molecule has 4 nitrogen and oxygen atoms in total. The predicted molar refractivity (Wildman–Crippen MR) is 88.8 cm³/mol. The number of pyridine rings is 1. The monoisotopic (exact) mass is 309 g/mol. The van der Waals surface area contributed by atoms with E-state index < -0.39 is 0 Å². The van der Waals surface area contributed by atoms with Crippen LogP contribution in [-0.4, -0.2) is 34.9 Å². The van der Waals surface area contributed by atoms with Crippen LogP contribution in [0.2, 0.25) is 0 Å². The lowest BCUT2D eigenvalue weighted by Gasteiger charge is -2.09. The Morgan fingerprint density at radius 2 is 1.77 bits per heavy atom. The lowest BCUT2D eigenvalue weighted by atomic mass is 10.1. The maximum Gasteiger partial charge on any atom is 0.265 e. The fourth-order valence-corrected chi connectivity index (χ4v) is 3.17. The second kappa shape index (κ2) is 6.07. The van der Waals surface area contributed by atoms with Crippen molar-refractivity contribution in [3.63, 3.8) is 0 Å². The third kappa shape index (κ3) is 2.76. The molecule has 0 aliphatic carbocycles. The second-order valence-electron chi connectivity index (χ2n) is 5.00. The number of rotatable bonds is 3. The highest BCUT2D eigenvalue weighted by molar-refractivity contribution is 7.17. The molecule has 0 radical (unpaired) electrons. The molecular formula is C17H15N3OS. The van der Waals surface area contributed by atoms with Crippen molar-refractivity contribution in [3.05, 3.63) is 59.7 Å². The van der Waals surface area contributed by atoms with Gasteiger partial charge in [0.2, 0.25) is 0 Å². The molecule has 22 heavy (non-hydrogen) atoms. The zero-order valence-electron chi connectivity index (χ0n) is 12.4. The molecule has 0 N–H and O–H groups in total. The maximum absolute atomic E-state index is 12.5. The van der Waals surface area contributed by atoms with Crippen molar-refractivity contribution in [2.24, 2.45) is 0 Å². The zero-order chi connectivity index (χ0) is 15.5. The lowest BCUT2D eigenvalue weighted by Crippen LogP contribution is -2.21. The normalized spacial score (nSPS) is 10.5. The molecule has 110 valence electrons. The van der Waals surface area contributed by atoms with Gasteiger partial charge in [0.05, 0.1) is 5.69 Å². The second-order valence-corrected chi connectivity index (χ2v) is 6.00. The van der Waals surface area contributed by atoms with Crippen LogP contribution in [0.15, 0.2) is 54.9 Å². The molecule has 5 heteroatoms. The van der Waals surface area contributed by atoms with Gasteiger partial charge in [-0.2, -0.15) is 0 Å². The van der Waals surface area contributed by atoms with Crippen LogP contribution < -0.4 is 0 Å². The van der Waals surface area contributed by atoms with Gasteiger partial charge in [-0.3, -0.25) is 9.78 Å².